The standard InChI is InChI=1S/C25H21ClN2O2/c1-16-8-11-19(14-17(16)2)22-23(27-21-6-4-3-5-7-21)25(30)28(24(22)29)15-18-9-12-20(26)13-10-18/h3-14,27H,15H2,1-2H3. The van der Waals surface area contributed by atoms with Crippen LogP contribution in [0.4, 0.5) is 5.69 Å². The molecule has 0 fully saturated rings. The normalized spacial score (nSPS) is 13.9. The topological polar surface area (TPSA) is 49.4 Å². The molecule has 1 heterocycles. The van der Waals surface area contributed by atoms with E-state index in [9.17, 15) is 9.59 Å². The summed E-state index contributed by atoms with van der Waals surface area (Å²) in [6.45, 7) is 4.20. The fraction of sp³-hybridized carbons (Fsp3) is 0.120. The summed E-state index contributed by atoms with van der Waals surface area (Å²) >= 11 is 5.96. The Labute approximate surface area is 180 Å². The molecule has 2 amide bonds. The number of benzene rings is 3. The second-order valence-electron chi connectivity index (χ2n) is 7.36. The molecule has 0 spiro atoms. The van der Waals surface area contributed by atoms with Gasteiger partial charge in [0.15, 0.2) is 0 Å². The van der Waals surface area contributed by atoms with Gasteiger partial charge in [-0.2, -0.15) is 0 Å². The summed E-state index contributed by atoms with van der Waals surface area (Å²) in [4.78, 5) is 27.9. The van der Waals surface area contributed by atoms with E-state index in [0.29, 0.717) is 16.3 Å². The van der Waals surface area contributed by atoms with Crippen molar-refractivity contribution >= 4 is 34.7 Å². The molecule has 5 heteroatoms. The summed E-state index contributed by atoms with van der Waals surface area (Å²) in [5.41, 5.74) is 5.20. The van der Waals surface area contributed by atoms with E-state index in [1.54, 1.807) is 12.1 Å². The number of hydrogen-bond donors (Lipinski definition) is 1. The summed E-state index contributed by atoms with van der Waals surface area (Å²) < 4.78 is 0. The monoisotopic (exact) mass is 416 g/mol. The first kappa shape index (κ1) is 19.9. The molecule has 30 heavy (non-hydrogen) atoms. The van der Waals surface area contributed by atoms with Gasteiger partial charge >= 0.3 is 0 Å². The van der Waals surface area contributed by atoms with E-state index in [4.69, 9.17) is 11.6 Å². The zero-order valence-electron chi connectivity index (χ0n) is 16.8. The molecule has 0 radical (unpaired) electrons. The molecule has 1 aliphatic rings. The number of hydrogen-bond acceptors (Lipinski definition) is 3. The maximum Gasteiger partial charge on any atom is 0.278 e. The highest BCUT2D eigenvalue weighted by molar-refractivity contribution is 6.36. The van der Waals surface area contributed by atoms with Gasteiger partial charge in [0, 0.05) is 10.7 Å². The van der Waals surface area contributed by atoms with E-state index in [-0.39, 0.29) is 18.4 Å². The van der Waals surface area contributed by atoms with Crippen LogP contribution in [0.2, 0.25) is 5.02 Å². The largest absolute Gasteiger partial charge is 0.350 e. The van der Waals surface area contributed by atoms with Crippen LogP contribution < -0.4 is 5.32 Å². The summed E-state index contributed by atoms with van der Waals surface area (Å²) in [7, 11) is 0. The number of aryl methyl sites for hydroxylation is 2. The number of anilines is 1. The van der Waals surface area contributed by atoms with Crippen LogP contribution in [0.1, 0.15) is 22.3 Å². The molecule has 0 aromatic heterocycles. The van der Waals surface area contributed by atoms with Crippen molar-refractivity contribution in [3.63, 3.8) is 0 Å². The summed E-state index contributed by atoms with van der Waals surface area (Å²) in [6.07, 6.45) is 0. The molecule has 0 atom stereocenters. The fourth-order valence-electron chi connectivity index (χ4n) is 3.44. The zero-order valence-corrected chi connectivity index (χ0v) is 17.5. The van der Waals surface area contributed by atoms with Crippen molar-refractivity contribution in [3.05, 3.63) is 106 Å². The Balaban J connectivity index is 1.75. The van der Waals surface area contributed by atoms with E-state index in [1.807, 2.05) is 74.5 Å². The minimum atomic E-state index is -0.341. The number of rotatable bonds is 5. The Morgan fingerprint density at radius 2 is 1.53 bits per heavy atom. The molecule has 1 aliphatic heterocycles. The highest BCUT2D eigenvalue weighted by Gasteiger charge is 2.39. The van der Waals surface area contributed by atoms with Crippen molar-refractivity contribution in [1.82, 2.24) is 4.90 Å². The quantitative estimate of drug-likeness (QED) is 0.570. The Kier molecular flexibility index (Phi) is 5.42. The number of amides is 2. The highest BCUT2D eigenvalue weighted by atomic mass is 35.5. The average molecular weight is 417 g/mol. The first-order valence-corrected chi connectivity index (χ1v) is 10.1. The van der Waals surface area contributed by atoms with Crippen molar-refractivity contribution in [1.29, 1.82) is 0 Å². The van der Waals surface area contributed by atoms with Crippen molar-refractivity contribution in [2.24, 2.45) is 0 Å². The average Bonchev–Trinajstić information content (AvgIpc) is 2.97. The van der Waals surface area contributed by atoms with E-state index in [0.717, 1.165) is 27.9 Å². The van der Waals surface area contributed by atoms with E-state index in [1.165, 1.54) is 4.90 Å². The smallest absolute Gasteiger partial charge is 0.278 e. The zero-order chi connectivity index (χ0) is 21.3. The van der Waals surface area contributed by atoms with Crippen molar-refractivity contribution < 1.29 is 9.59 Å². The molecule has 0 aliphatic carbocycles. The van der Waals surface area contributed by atoms with Crippen LogP contribution >= 0.6 is 11.6 Å². The minimum Gasteiger partial charge on any atom is -0.350 e. The van der Waals surface area contributed by atoms with E-state index < -0.39 is 0 Å². The molecule has 0 saturated heterocycles. The van der Waals surface area contributed by atoms with Gasteiger partial charge in [0.1, 0.15) is 5.70 Å². The number of imide groups is 1. The fourth-order valence-corrected chi connectivity index (χ4v) is 3.56. The molecule has 4 nitrogen and oxygen atoms in total. The van der Waals surface area contributed by atoms with Gasteiger partial charge in [-0.3, -0.25) is 14.5 Å². The van der Waals surface area contributed by atoms with Gasteiger partial charge in [-0.05, 0) is 60.4 Å². The minimum absolute atomic E-state index is 0.184. The van der Waals surface area contributed by atoms with Crippen LogP contribution in [-0.2, 0) is 16.1 Å². The third-order valence-corrected chi connectivity index (χ3v) is 5.51. The molecular formula is C25H21ClN2O2. The van der Waals surface area contributed by atoms with E-state index >= 15 is 0 Å². The third kappa shape index (κ3) is 3.87. The van der Waals surface area contributed by atoms with Gasteiger partial charge in [-0.25, -0.2) is 0 Å². The number of halogens is 1. The van der Waals surface area contributed by atoms with Crippen molar-refractivity contribution in [2.75, 3.05) is 5.32 Å². The molecule has 3 aromatic rings. The van der Waals surface area contributed by atoms with Gasteiger partial charge in [-0.1, -0.05) is 60.1 Å². The van der Waals surface area contributed by atoms with Crippen LogP contribution in [0, 0.1) is 13.8 Å². The number of nitrogens with one attached hydrogen (secondary N) is 1. The predicted octanol–water partition coefficient (Wildman–Crippen LogP) is 5.35. The molecule has 1 N–H and O–H groups in total. The van der Waals surface area contributed by atoms with Crippen LogP contribution in [0.3, 0.4) is 0 Å². The molecule has 0 bridgehead atoms. The van der Waals surface area contributed by atoms with Gasteiger partial charge < -0.3 is 5.32 Å². The predicted molar refractivity (Wildman–Crippen MR) is 120 cm³/mol. The van der Waals surface area contributed by atoms with Gasteiger partial charge in [0.05, 0.1) is 12.1 Å². The van der Waals surface area contributed by atoms with Crippen molar-refractivity contribution in [2.45, 2.75) is 20.4 Å². The first-order chi connectivity index (χ1) is 14.4. The molecule has 4 rings (SSSR count). The van der Waals surface area contributed by atoms with Gasteiger partial charge in [0.2, 0.25) is 0 Å². The number of nitrogens with zero attached hydrogens (tertiary/aromatic N) is 1. The van der Waals surface area contributed by atoms with Crippen LogP contribution in [0.15, 0.2) is 78.5 Å². The number of para-hydroxylation sites is 1. The third-order valence-electron chi connectivity index (χ3n) is 5.26. The Bertz CT molecular complexity index is 1150. The Morgan fingerprint density at radius 1 is 0.833 bits per heavy atom. The SMILES string of the molecule is Cc1ccc(C2=C(Nc3ccccc3)C(=O)N(Cc3ccc(Cl)cc3)C2=O)cc1C. The lowest BCUT2D eigenvalue weighted by Gasteiger charge is -2.15. The molecule has 3 aromatic carbocycles. The molecule has 0 unspecified atom stereocenters. The first-order valence-electron chi connectivity index (χ1n) is 9.68. The lowest BCUT2D eigenvalue weighted by Crippen LogP contribution is -2.32. The van der Waals surface area contributed by atoms with E-state index in [2.05, 4.69) is 5.32 Å². The molecule has 0 saturated carbocycles. The molecule has 150 valence electrons. The molecular weight excluding hydrogens is 396 g/mol. The van der Waals surface area contributed by atoms with Crippen LogP contribution in [0.5, 0.6) is 0 Å². The number of carbonyl (C=O) groups is 2. The second kappa shape index (κ2) is 8.17. The summed E-state index contributed by atoms with van der Waals surface area (Å²) in [5.74, 6) is -0.649. The van der Waals surface area contributed by atoms with Gasteiger partial charge in [-0.15, -0.1) is 0 Å². The lowest BCUT2D eigenvalue weighted by molar-refractivity contribution is -0.137. The Hall–Kier alpha value is -3.37. The van der Waals surface area contributed by atoms with Crippen LogP contribution in [-0.4, -0.2) is 16.7 Å². The Morgan fingerprint density at radius 3 is 2.20 bits per heavy atom. The van der Waals surface area contributed by atoms with Gasteiger partial charge in [0.25, 0.3) is 11.8 Å². The maximum atomic E-state index is 13.4. The van der Waals surface area contributed by atoms with Crippen molar-refractivity contribution in [3.8, 4) is 0 Å². The summed E-state index contributed by atoms with van der Waals surface area (Å²) in [5, 5.41) is 3.78. The maximum absolute atomic E-state index is 13.4. The number of carbonyl (C=O) groups excluding carboxylic acids is 2. The summed E-state index contributed by atoms with van der Waals surface area (Å²) in [6, 6.07) is 22.4. The second-order valence-corrected chi connectivity index (χ2v) is 7.80. The van der Waals surface area contributed by atoms with Crippen LogP contribution in [0.25, 0.3) is 5.57 Å². The highest BCUT2D eigenvalue weighted by Crippen LogP contribution is 2.32. The lowest BCUT2D eigenvalue weighted by atomic mass is 9.99.